The number of carbonyl (C=O) groups is 1. The van der Waals surface area contributed by atoms with Crippen molar-refractivity contribution in [2.75, 3.05) is 19.8 Å². The standard InChI is InChI=1S/C18H20FN3O4/c1-2-24-17-11-13(12-21-22-18(20)23)3-8-16(17)26-10-9-25-15-6-4-14(19)5-7-15/h3-8,11-12H,2,9-10H2,1H3,(H3,20,22,23)/b21-12+. The van der Waals surface area contributed by atoms with Crippen LogP contribution in [0.15, 0.2) is 47.6 Å². The van der Waals surface area contributed by atoms with Crippen molar-refractivity contribution in [3.8, 4) is 17.2 Å². The minimum Gasteiger partial charge on any atom is -0.490 e. The van der Waals surface area contributed by atoms with Gasteiger partial charge in [0, 0.05) is 0 Å². The predicted octanol–water partition coefficient (Wildman–Crippen LogP) is 2.68. The Bertz CT molecular complexity index is 751. The van der Waals surface area contributed by atoms with Crippen LogP contribution in [0.2, 0.25) is 0 Å². The third kappa shape index (κ3) is 6.31. The summed E-state index contributed by atoms with van der Waals surface area (Å²) in [6.45, 7) is 2.90. The first-order valence-corrected chi connectivity index (χ1v) is 7.95. The lowest BCUT2D eigenvalue weighted by molar-refractivity contribution is 0.208. The predicted molar refractivity (Wildman–Crippen MR) is 95.3 cm³/mol. The van der Waals surface area contributed by atoms with Crippen LogP contribution >= 0.6 is 0 Å². The van der Waals surface area contributed by atoms with Crippen LogP contribution < -0.4 is 25.4 Å². The molecule has 0 aromatic heterocycles. The van der Waals surface area contributed by atoms with E-state index in [0.29, 0.717) is 36.0 Å². The lowest BCUT2D eigenvalue weighted by Crippen LogP contribution is -2.24. The first-order valence-electron chi connectivity index (χ1n) is 7.95. The number of rotatable bonds is 9. The van der Waals surface area contributed by atoms with E-state index in [4.69, 9.17) is 19.9 Å². The number of amides is 2. The van der Waals surface area contributed by atoms with Gasteiger partial charge in [-0.3, -0.25) is 0 Å². The van der Waals surface area contributed by atoms with Gasteiger partial charge in [-0.15, -0.1) is 0 Å². The number of benzene rings is 2. The van der Waals surface area contributed by atoms with Crippen molar-refractivity contribution in [3.05, 3.63) is 53.8 Å². The molecule has 2 aromatic rings. The van der Waals surface area contributed by atoms with Crippen LogP contribution in [0.25, 0.3) is 0 Å². The third-order valence-electron chi connectivity index (χ3n) is 3.08. The summed E-state index contributed by atoms with van der Waals surface area (Å²) in [5.41, 5.74) is 7.76. The molecule has 0 aliphatic carbocycles. The molecular formula is C18H20FN3O4. The summed E-state index contributed by atoms with van der Waals surface area (Å²) in [5, 5.41) is 3.69. The molecule has 0 spiro atoms. The van der Waals surface area contributed by atoms with E-state index in [1.165, 1.54) is 18.3 Å². The first-order chi connectivity index (χ1) is 12.6. The van der Waals surface area contributed by atoms with Gasteiger partial charge < -0.3 is 19.9 Å². The maximum atomic E-state index is 12.8. The Labute approximate surface area is 150 Å². The highest BCUT2D eigenvalue weighted by Gasteiger charge is 2.06. The Morgan fingerprint density at radius 2 is 1.85 bits per heavy atom. The molecule has 0 bridgehead atoms. The van der Waals surface area contributed by atoms with E-state index in [1.807, 2.05) is 6.92 Å². The molecule has 0 saturated carbocycles. The highest BCUT2D eigenvalue weighted by molar-refractivity contribution is 5.82. The van der Waals surface area contributed by atoms with Crippen LogP contribution in [0.5, 0.6) is 17.2 Å². The molecule has 3 N–H and O–H groups in total. The fourth-order valence-electron chi connectivity index (χ4n) is 2.00. The Balaban J connectivity index is 1.91. The monoisotopic (exact) mass is 361 g/mol. The fraction of sp³-hybridized carbons (Fsp3) is 0.222. The average molecular weight is 361 g/mol. The lowest BCUT2D eigenvalue weighted by atomic mass is 10.2. The molecule has 8 heteroatoms. The number of hydrazone groups is 1. The Morgan fingerprint density at radius 1 is 1.12 bits per heavy atom. The second-order valence-electron chi connectivity index (χ2n) is 5.02. The van der Waals surface area contributed by atoms with Crippen LogP contribution in [-0.2, 0) is 0 Å². The molecule has 26 heavy (non-hydrogen) atoms. The van der Waals surface area contributed by atoms with Gasteiger partial charge in [0.2, 0.25) is 0 Å². The van der Waals surface area contributed by atoms with Crippen molar-refractivity contribution in [1.29, 1.82) is 0 Å². The van der Waals surface area contributed by atoms with Gasteiger partial charge >= 0.3 is 6.03 Å². The Hall–Kier alpha value is -3.29. The van der Waals surface area contributed by atoms with Gasteiger partial charge in [-0.1, -0.05) is 0 Å². The van der Waals surface area contributed by atoms with Gasteiger partial charge in [-0.05, 0) is 55.0 Å². The highest BCUT2D eigenvalue weighted by Crippen LogP contribution is 2.28. The number of nitrogens with two attached hydrogens (primary N) is 1. The molecular weight excluding hydrogens is 341 g/mol. The van der Waals surface area contributed by atoms with Gasteiger partial charge in [0.05, 0.1) is 12.8 Å². The van der Waals surface area contributed by atoms with E-state index in [0.717, 1.165) is 0 Å². The third-order valence-corrected chi connectivity index (χ3v) is 3.08. The quantitative estimate of drug-likeness (QED) is 0.408. The van der Waals surface area contributed by atoms with E-state index < -0.39 is 6.03 Å². The summed E-state index contributed by atoms with van der Waals surface area (Å²) in [4.78, 5) is 10.6. The number of urea groups is 1. The van der Waals surface area contributed by atoms with Crippen molar-refractivity contribution in [1.82, 2.24) is 5.43 Å². The Morgan fingerprint density at radius 3 is 2.54 bits per heavy atom. The molecule has 7 nitrogen and oxygen atoms in total. The van der Waals surface area contributed by atoms with Gasteiger partial charge in [0.1, 0.15) is 24.8 Å². The molecule has 2 aromatic carbocycles. The molecule has 2 amide bonds. The molecule has 0 fully saturated rings. The van der Waals surface area contributed by atoms with Gasteiger partial charge in [0.15, 0.2) is 11.5 Å². The maximum absolute atomic E-state index is 12.8. The van der Waals surface area contributed by atoms with Crippen LogP contribution in [0.4, 0.5) is 9.18 Å². The molecule has 0 heterocycles. The molecule has 2 rings (SSSR count). The lowest BCUT2D eigenvalue weighted by Gasteiger charge is -2.13. The van der Waals surface area contributed by atoms with E-state index in [9.17, 15) is 9.18 Å². The smallest absolute Gasteiger partial charge is 0.332 e. The van der Waals surface area contributed by atoms with Gasteiger partial charge in [0.25, 0.3) is 0 Å². The number of nitrogens with one attached hydrogen (secondary N) is 1. The topological polar surface area (TPSA) is 95.2 Å². The van der Waals surface area contributed by atoms with Gasteiger partial charge in [-0.25, -0.2) is 14.6 Å². The van der Waals surface area contributed by atoms with Crippen LogP contribution in [0.1, 0.15) is 12.5 Å². The number of halogens is 1. The largest absolute Gasteiger partial charge is 0.490 e. The molecule has 0 aliphatic rings. The molecule has 0 unspecified atom stereocenters. The summed E-state index contributed by atoms with van der Waals surface area (Å²) in [6, 6.07) is 10.2. The van der Waals surface area contributed by atoms with Crippen molar-refractivity contribution in [2.45, 2.75) is 6.92 Å². The zero-order valence-corrected chi connectivity index (χ0v) is 14.3. The number of hydrogen-bond acceptors (Lipinski definition) is 5. The Kier molecular flexibility index (Phi) is 7.23. The molecule has 0 aliphatic heterocycles. The number of carbonyl (C=O) groups excluding carboxylic acids is 1. The van der Waals surface area contributed by atoms with Crippen molar-refractivity contribution < 1.29 is 23.4 Å². The van der Waals surface area contributed by atoms with E-state index in [-0.39, 0.29) is 12.4 Å². The van der Waals surface area contributed by atoms with Crippen molar-refractivity contribution >= 4 is 12.2 Å². The zero-order chi connectivity index (χ0) is 18.8. The number of nitrogens with zero attached hydrogens (tertiary/aromatic N) is 1. The normalized spacial score (nSPS) is 10.5. The van der Waals surface area contributed by atoms with E-state index in [2.05, 4.69) is 10.5 Å². The maximum Gasteiger partial charge on any atom is 0.332 e. The molecule has 0 saturated heterocycles. The van der Waals surface area contributed by atoms with Crippen molar-refractivity contribution in [3.63, 3.8) is 0 Å². The summed E-state index contributed by atoms with van der Waals surface area (Å²) in [6.07, 6.45) is 1.44. The van der Waals surface area contributed by atoms with Gasteiger partial charge in [-0.2, -0.15) is 5.10 Å². The zero-order valence-electron chi connectivity index (χ0n) is 14.3. The van der Waals surface area contributed by atoms with Crippen LogP contribution in [0, 0.1) is 5.82 Å². The number of hydrogen-bond donors (Lipinski definition) is 2. The molecule has 0 radical (unpaired) electrons. The van der Waals surface area contributed by atoms with E-state index >= 15 is 0 Å². The first kappa shape index (κ1) is 19.0. The second kappa shape index (κ2) is 9.87. The second-order valence-corrected chi connectivity index (χ2v) is 5.02. The highest BCUT2D eigenvalue weighted by atomic mass is 19.1. The van der Waals surface area contributed by atoms with Crippen LogP contribution in [0.3, 0.4) is 0 Å². The van der Waals surface area contributed by atoms with Crippen molar-refractivity contribution in [2.24, 2.45) is 10.8 Å². The minimum atomic E-state index is -0.743. The summed E-state index contributed by atoms with van der Waals surface area (Å²) in [5.74, 6) is 1.34. The summed E-state index contributed by atoms with van der Waals surface area (Å²) >= 11 is 0. The minimum absolute atomic E-state index is 0.286. The van der Waals surface area contributed by atoms with E-state index in [1.54, 1.807) is 30.3 Å². The number of ether oxygens (including phenoxy) is 3. The molecule has 0 atom stereocenters. The average Bonchev–Trinajstić information content (AvgIpc) is 2.61. The SMILES string of the molecule is CCOc1cc(/C=N/NC(N)=O)ccc1OCCOc1ccc(F)cc1. The fourth-order valence-corrected chi connectivity index (χ4v) is 2.00. The summed E-state index contributed by atoms with van der Waals surface area (Å²) < 4.78 is 29.5. The molecule has 138 valence electrons. The summed E-state index contributed by atoms with van der Waals surface area (Å²) in [7, 11) is 0. The van der Waals surface area contributed by atoms with Crippen LogP contribution in [-0.4, -0.2) is 32.1 Å². The number of primary amides is 1.